The Morgan fingerprint density at radius 3 is 3.12 bits per heavy atom. The van der Waals surface area contributed by atoms with Gasteiger partial charge < -0.3 is 10.6 Å². The largest absolute Gasteiger partial charge is 0.383 e. The highest BCUT2D eigenvalue weighted by Crippen LogP contribution is 2.20. The van der Waals surface area contributed by atoms with Crippen LogP contribution < -0.4 is 10.6 Å². The quantitative estimate of drug-likeness (QED) is 0.784. The zero-order valence-corrected chi connectivity index (χ0v) is 11.5. The average Bonchev–Trinajstić information content (AvgIpc) is 2.82. The summed E-state index contributed by atoms with van der Waals surface area (Å²) in [7, 11) is 0. The van der Waals surface area contributed by atoms with Crippen LogP contribution in [0.15, 0.2) is 29.2 Å². The van der Waals surface area contributed by atoms with E-state index in [4.69, 9.17) is 0 Å². The van der Waals surface area contributed by atoms with Crippen LogP contribution in [0, 0.1) is 0 Å². The molecule has 0 spiro atoms. The topological polar surface area (TPSA) is 24.1 Å². The summed E-state index contributed by atoms with van der Waals surface area (Å²) in [4.78, 5) is 1.32. The van der Waals surface area contributed by atoms with Crippen molar-refractivity contribution >= 4 is 17.4 Å². The van der Waals surface area contributed by atoms with E-state index in [1.165, 1.54) is 36.4 Å². The van der Waals surface area contributed by atoms with Gasteiger partial charge in [-0.15, -0.1) is 11.8 Å². The van der Waals surface area contributed by atoms with Crippen molar-refractivity contribution in [2.75, 3.05) is 18.1 Å². The molecule has 0 aliphatic carbocycles. The zero-order chi connectivity index (χ0) is 12.1. The Labute approximate surface area is 109 Å². The second kappa shape index (κ2) is 6.31. The molecule has 17 heavy (non-hydrogen) atoms. The molecule has 1 saturated heterocycles. The zero-order valence-electron chi connectivity index (χ0n) is 10.7. The van der Waals surface area contributed by atoms with Gasteiger partial charge in [-0.3, -0.25) is 0 Å². The Bertz CT molecular complexity index is 348. The Morgan fingerprint density at radius 2 is 2.41 bits per heavy atom. The third-order valence-corrected chi connectivity index (χ3v) is 4.01. The molecule has 0 aromatic heterocycles. The lowest BCUT2D eigenvalue weighted by Gasteiger charge is -2.19. The Balaban J connectivity index is 1.85. The van der Waals surface area contributed by atoms with Gasteiger partial charge in [0.1, 0.15) is 0 Å². The van der Waals surface area contributed by atoms with Gasteiger partial charge in [-0.2, -0.15) is 0 Å². The number of thioether (sulfide) groups is 1. The molecule has 0 amide bonds. The molecule has 0 saturated carbocycles. The Hall–Kier alpha value is -0.670. The van der Waals surface area contributed by atoms with Crippen molar-refractivity contribution in [2.24, 2.45) is 0 Å². The maximum Gasteiger partial charge on any atom is 0.0353 e. The van der Waals surface area contributed by atoms with Crippen LogP contribution in [0.25, 0.3) is 0 Å². The molecule has 2 unspecified atom stereocenters. The molecule has 1 aromatic rings. The number of hydrogen-bond acceptors (Lipinski definition) is 3. The van der Waals surface area contributed by atoms with Crippen LogP contribution in [0.2, 0.25) is 0 Å². The number of hydrogen-bond donors (Lipinski definition) is 2. The van der Waals surface area contributed by atoms with Gasteiger partial charge in [0.15, 0.2) is 0 Å². The van der Waals surface area contributed by atoms with Crippen molar-refractivity contribution in [3.8, 4) is 0 Å². The normalized spacial score (nSPS) is 21.4. The van der Waals surface area contributed by atoms with E-state index in [1.54, 1.807) is 11.8 Å². The maximum absolute atomic E-state index is 3.59. The van der Waals surface area contributed by atoms with E-state index in [2.05, 4.69) is 48.1 Å². The first kappa shape index (κ1) is 12.8. The van der Waals surface area contributed by atoms with Gasteiger partial charge in [0.05, 0.1) is 0 Å². The van der Waals surface area contributed by atoms with Crippen molar-refractivity contribution in [3.05, 3.63) is 24.3 Å². The molecular formula is C14H22N2S. The summed E-state index contributed by atoms with van der Waals surface area (Å²) < 4.78 is 0. The fraction of sp³-hybridized carbons (Fsp3) is 0.571. The fourth-order valence-electron chi connectivity index (χ4n) is 2.44. The van der Waals surface area contributed by atoms with Gasteiger partial charge in [0, 0.05) is 22.7 Å². The van der Waals surface area contributed by atoms with Gasteiger partial charge in [-0.25, -0.2) is 0 Å². The first-order chi connectivity index (χ1) is 8.28. The second-order valence-corrected chi connectivity index (χ2v) is 5.69. The molecule has 1 heterocycles. The smallest absolute Gasteiger partial charge is 0.0353 e. The van der Waals surface area contributed by atoms with E-state index in [-0.39, 0.29) is 0 Å². The van der Waals surface area contributed by atoms with Crippen LogP contribution in [0.4, 0.5) is 5.69 Å². The van der Waals surface area contributed by atoms with E-state index in [0.717, 1.165) is 0 Å². The minimum absolute atomic E-state index is 0.530. The van der Waals surface area contributed by atoms with Crippen molar-refractivity contribution in [2.45, 2.75) is 43.2 Å². The second-order valence-electron chi connectivity index (χ2n) is 4.81. The molecule has 1 aliphatic heterocycles. The van der Waals surface area contributed by atoms with Gasteiger partial charge in [0.2, 0.25) is 0 Å². The van der Waals surface area contributed by atoms with Crippen molar-refractivity contribution in [3.63, 3.8) is 0 Å². The lowest BCUT2D eigenvalue weighted by molar-refractivity contribution is 0.523. The lowest BCUT2D eigenvalue weighted by atomic mass is 10.1. The van der Waals surface area contributed by atoms with Crippen LogP contribution in [-0.2, 0) is 0 Å². The minimum atomic E-state index is 0.530. The molecule has 2 atom stereocenters. The van der Waals surface area contributed by atoms with Crippen LogP contribution in [0.3, 0.4) is 0 Å². The fourth-order valence-corrected chi connectivity index (χ4v) is 2.90. The molecule has 3 heteroatoms. The van der Waals surface area contributed by atoms with Crippen LogP contribution in [0.5, 0.6) is 0 Å². The monoisotopic (exact) mass is 250 g/mol. The van der Waals surface area contributed by atoms with Crippen LogP contribution in [0.1, 0.15) is 26.2 Å². The molecule has 2 N–H and O–H groups in total. The van der Waals surface area contributed by atoms with Gasteiger partial charge in [-0.05, 0) is 57.2 Å². The van der Waals surface area contributed by atoms with E-state index in [1.807, 2.05) is 0 Å². The van der Waals surface area contributed by atoms with E-state index in [9.17, 15) is 0 Å². The first-order valence-electron chi connectivity index (χ1n) is 6.42. The standard InChI is InChI=1S/C14H22N2S/c1-11(9-12-6-4-8-15-12)16-13-5-3-7-14(10-13)17-2/h3,5,7,10-12,15-16H,4,6,8-9H2,1-2H3. The maximum atomic E-state index is 3.59. The number of nitrogens with one attached hydrogen (secondary N) is 2. The SMILES string of the molecule is CSc1cccc(NC(C)CC2CCCN2)c1. The number of anilines is 1. The molecule has 2 rings (SSSR count). The molecular weight excluding hydrogens is 228 g/mol. The Morgan fingerprint density at radius 1 is 1.53 bits per heavy atom. The van der Waals surface area contributed by atoms with Crippen molar-refractivity contribution in [1.82, 2.24) is 5.32 Å². The molecule has 0 bridgehead atoms. The van der Waals surface area contributed by atoms with Gasteiger partial charge >= 0.3 is 0 Å². The van der Waals surface area contributed by atoms with Gasteiger partial charge in [-0.1, -0.05) is 6.07 Å². The molecule has 2 nitrogen and oxygen atoms in total. The third-order valence-electron chi connectivity index (χ3n) is 3.28. The van der Waals surface area contributed by atoms with Crippen LogP contribution >= 0.6 is 11.8 Å². The van der Waals surface area contributed by atoms with Gasteiger partial charge in [0.25, 0.3) is 0 Å². The van der Waals surface area contributed by atoms with E-state index in [0.29, 0.717) is 12.1 Å². The highest BCUT2D eigenvalue weighted by Gasteiger charge is 2.16. The molecule has 1 aromatic carbocycles. The Kier molecular flexibility index (Phi) is 4.75. The number of benzene rings is 1. The lowest BCUT2D eigenvalue weighted by Crippen LogP contribution is -2.29. The summed E-state index contributed by atoms with van der Waals surface area (Å²) in [6, 6.07) is 9.89. The first-order valence-corrected chi connectivity index (χ1v) is 7.64. The minimum Gasteiger partial charge on any atom is -0.383 e. The molecule has 1 aliphatic rings. The summed E-state index contributed by atoms with van der Waals surface area (Å²) in [6.45, 7) is 3.46. The summed E-state index contributed by atoms with van der Waals surface area (Å²) in [5, 5.41) is 7.14. The third kappa shape index (κ3) is 3.93. The highest BCUT2D eigenvalue weighted by molar-refractivity contribution is 7.98. The average molecular weight is 250 g/mol. The summed E-state index contributed by atoms with van der Waals surface area (Å²) in [5.41, 5.74) is 1.24. The van der Waals surface area contributed by atoms with Crippen molar-refractivity contribution in [1.29, 1.82) is 0 Å². The summed E-state index contributed by atoms with van der Waals surface area (Å²) >= 11 is 1.79. The van der Waals surface area contributed by atoms with E-state index >= 15 is 0 Å². The van der Waals surface area contributed by atoms with Crippen molar-refractivity contribution < 1.29 is 0 Å². The summed E-state index contributed by atoms with van der Waals surface area (Å²) in [6.07, 6.45) is 5.99. The predicted molar refractivity (Wildman–Crippen MR) is 76.9 cm³/mol. The number of rotatable bonds is 5. The molecule has 94 valence electrons. The van der Waals surface area contributed by atoms with E-state index < -0.39 is 0 Å². The van der Waals surface area contributed by atoms with Crippen LogP contribution in [-0.4, -0.2) is 24.9 Å². The molecule has 0 radical (unpaired) electrons. The predicted octanol–water partition coefficient (Wildman–Crippen LogP) is 3.35. The molecule has 1 fully saturated rings. The highest BCUT2D eigenvalue weighted by atomic mass is 32.2. The summed E-state index contributed by atoms with van der Waals surface area (Å²) in [5.74, 6) is 0.